The SMILES string of the molecule is Cc1noc(NCC2CCCS2(=O)=O)n1. The summed E-state index contributed by atoms with van der Waals surface area (Å²) in [4.78, 5) is 3.94. The monoisotopic (exact) mass is 231 g/mol. The quantitative estimate of drug-likeness (QED) is 0.808. The Balaban J connectivity index is 1.94. The maximum atomic E-state index is 11.5. The number of nitrogens with zero attached hydrogens (tertiary/aromatic N) is 2. The van der Waals surface area contributed by atoms with E-state index in [1.165, 1.54) is 0 Å². The van der Waals surface area contributed by atoms with Crippen LogP contribution in [0.15, 0.2) is 4.52 Å². The number of hydrogen-bond acceptors (Lipinski definition) is 6. The van der Waals surface area contributed by atoms with E-state index in [2.05, 4.69) is 15.5 Å². The molecule has 7 heteroatoms. The molecule has 2 rings (SSSR count). The number of hydrogen-bond donors (Lipinski definition) is 1. The summed E-state index contributed by atoms with van der Waals surface area (Å²) in [6.45, 7) is 2.06. The smallest absolute Gasteiger partial charge is 0.321 e. The molecule has 1 aromatic heterocycles. The van der Waals surface area contributed by atoms with E-state index in [4.69, 9.17) is 4.52 Å². The fourth-order valence-electron chi connectivity index (χ4n) is 1.66. The van der Waals surface area contributed by atoms with Crippen molar-refractivity contribution in [3.05, 3.63) is 5.82 Å². The molecule has 0 aliphatic carbocycles. The van der Waals surface area contributed by atoms with Crippen LogP contribution in [0.4, 0.5) is 6.01 Å². The highest BCUT2D eigenvalue weighted by Gasteiger charge is 2.31. The van der Waals surface area contributed by atoms with E-state index in [1.54, 1.807) is 6.92 Å². The van der Waals surface area contributed by atoms with Crippen molar-refractivity contribution in [2.45, 2.75) is 25.0 Å². The maximum absolute atomic E-state index is 11.5. The van der Waals surface area contributed by atoms with Gasteiger partial charge in [0.1, 0.15) is 0 Å². The molecule has 0 spiro atoms. The molecule has 1 N–H and O–H groups in total. The first-order chi connectivity index (χ1) is 7.08. The Morgan fingerprint density at radius 3 is 2.93 bits per heavy atom. The van der Waals surface area contributed by atoms with E-state index in [9.17, 15) is 8.42 Å². The largest absolute Gasteiger partial charge is 0.336 e. The summed E-state index contributed by atoms with van der Waals surface area (Å²) in [5, 5.41) is 6.13. The fourth-order valence-corrected chi connectivity index (χ4v) is 3.42. The van der Waals surface area contributed by atoms with Gasteiger partial charge in [0.25, 0.3) is 0 Å². The first-order valence-electron chi connectivity index (χ1n) is 4.84. The normalized spacial score (nSPS) is 24.2. The van der Waals surface area contributed by atoms with E-state index < -0.39 is 9.84 Å². The van der Waals surface area contributed by atoms with Crippen LogP contribution < -0.4 is 5.32 Å². The van der Waals surface area contributed by atoms with Gasteiger partial charge in [0.05, 0.1) is 11.0 Å². The second kappa shape index (κ2) is 3.80. The van der Waals surface area contributed by atoms with E-state index in [1.807, 2.05) is 0 Å². The van der Waals surface area contributed by atoms with Gasteiger partial charge in [-0.3, -0.25) is 0 Å². The van der Waals surface area contributed by atoms with Crippen molar-refractivity contribution in [2.75, 3.05) is 17.6 Å². The van der Waals surface area contributed by atoms with Gasteiger partial charge in [0.2, 0.25) is 0 Å². The van der Waals surface area contributed by atoms with E-state index in [-0.39, 0.29) is 11.3 Å². The molecule has 0 bridgehead atoms. The minimum Gasteiger partial charge on any atom is -0.336 e. The molecule has 0 radical (unpaired) electrons. The zero-order valence-corrected chi connectivity index (χ0v) is 9.25. The molecule has 0 saturated carbocycles. The molecule has 1 unspecified atom stereocenters. The summed E-state index contributed by atoms with van der Waals surface area (Å²) in [7, 11) is -2.90. The number of nitrogens with one attached hydrogen (secondary N) is 1. The molecule has 1 saturated heterocycles. The Kier molecular flexibility index (Phi) is 2.64. The molecular formula is C8H13N3O3S. The van der Waals surface area contributed by atoms with Gasteiger partial charge in [-0.15, -0.1) is 0 Å². The highest BCUT2D eigenvalue weighted by atomic mass is 32.2. The molecule has 0 amide bonds. The van der Waals surface area contributed by atoms with E-state index in [0.717, 1.165) is 6.42 Å². The molecule has 1 aliphatic heterocycles. The van der Waals surface area contributed by atoms with Gasteiger partial charge >= 0.3 is 6.01 Å². The molecule has 6 nitrogen and oxygen atoms in total. The van der Waals surface area contributed by atoms with Crippen molar-refractivity contribution < 1.29 is 12.9 Å². The highest BCUT2D eigenvalue weighted by molar-refractivity contribution is 7.92. The molecule has 1 aliphatic rings. The van der Waals surface area contributed by atoms with Crippen LogP contribution in [0.5, 0.6) is 0 Å². The number of rotatable bonds is 3. The van der Waals surface area contributed by atoms with Crippen molar-refractivity contribution in [2.24, 2.45) is 0 Å². The Hall–Kier alpha value is -1.11. The van der Waals surface area contributed by atoms with Crippen LogP contribution >= 0.6 is 0 Å². The van der Waals surface area contributed by atoms with Gasteiger partial charge in [0.15, 0.2) is 15.7 Å². The lowest BCUT2D eigenvalue weighted by Crippen LogP contribution is -2.25. The van der Waals surface area contributed by atoms with Gasteiger partial charge in [0, 0.05) is 6.54 Å². The maximum Gasteiger partial charge on any atom is 0.321 e. The molecular weight excluding hydrogens is 218 g/mol. The van der Waals surface area contributed by atoms with Gasteiger partial charge in [-0.05, 0) is 19.8 Å². The first-order valence-corrected chi connectivity index (χ1v) is 6.55. The standard InChI is InChI=1S/C8H13N3O3S/c1-6-10-8(14-11-6)9-5-7-3-2-4-15(7,12)13/h7H,2-5H2,1H3,(H,9,10,11). The predicted octanol–water partition coefficient (Wildman–Crippen LogP) is 0.367. The molecule has 15 heavy (non-hydrogen) atoms. The second-order valence-electron chi connectivity index (χ2n) is 3.66. The van der Waals surface area contributed by atoms with Crippen LogP contribution in [-0.4, -0.2) is 36.1 Å². The van der Waals surface area contributed by atoms with Crippen LogP contribution in [0.2, 0.25) is 0 Å². The summed E-state index contributed by atoms with van der Waals surface area (Å²) in [6.07, 6.45) is 1.46. The van der Waals surface area contributed by atoms with Gasteiger partial charge < -0.3 is 9.84 Å². The van der Waals surface area contributed by atoms with Crippen molar-refractivity contribution in [1.29, 1.82) is 0 Å². The Labute approximate surface area is 88.0 Å². The summed E-state index contributed by atoms with van der Waals surface area (Å²) >= 11 is 0. The average molecular weight is 231 g/mol. The third-order valence-electron chi connectivity index (χ3n) is 2.47. The average Bonchev–Trinajstić information content (AvgIpc) is 2.69. The summed E-state index contributed by atoms with van der Waals surface area (Å²) < 4.78 is 27.8. The predicted molar refractivity (Wildman–Crippen MR) is 54.3 cm³/mol. The second-order valence-corrected chi connectivity index (χ2v) is 6.06. The van der Waals surface area contributed by atoms with Crippen LogP contribution in [0, 0.1) is 6.92 Å². The lowest BCUT2D eigenvalue weighted by molar-refractivity contribution is 0.425. The summed E-state index contributed by atoms with van der Waals surface area (Å²) in [6, 6.07) is 0.287. The molecule has 2 heterocycles. The van der Waals surface area contributed by atoms with Gasteiger partial charge in [-0.2, -0.15) is 4.98 Å². The van der Waals surface area contributed by atoms with Gasteiger partial charge in [-0.25, -0.2) is 8.42 Å². The molecule has 1 fully saturated rings. The number of sulfone groups is 1. The van der Waals surface area contributed by atoms with E-state index >= 15 is 0 Å². The van der Waals surface area contributed by atoms with Crippen LogP contribution in [0.3, 0.4) is 0 Å². The highest BCUT2D eigenvalue weighted by Crippen LogP contribution is 2.20. The zero-order chi connectivity index (χ0) is 10.9. The minimum atomic E-state index is -2.90. The Morgan fingerprint density at radius 1 is 1.60 bits per heavy atom. The Morgan fingerprint density at radius 2 is 2.40 bits per heavy atom. The zero-order valence-electron chi connectivity index (χ0n) is 8.43. The third-order valence-corrected chi connectivity index (χ3v) is 4.75. The summed E-state index contributed by atoms with van der Waals surface area (Å²) in [5.41, 5.74) is 0. The van der Waals surface area contributed by atoms with Crippen molar-refractivity contribution in [1.82, 2.24) is 10.1 Å². The van der Waals surface area contributed by atoms with E-state index in [0.29, 0.717) is 24.5 Å². The van der Waals surface area contributed by atoms with Crippen LogP contribution in [0.1, 0.15) is 18.7 Å². The third kappa shape index (κ3) is 2.28. The minimum absolute atomic E-state index is 0.287. The molecule has 1 atom stereocenters. The van der Waals surface area contributed by atoms with Crippen molar-refractivity contribution in [3.8, 4) is 0 Å². The van der Waals surface area contributed by atoms with Crippen LogP contribution in [0.25, 0.3) is 0 Å². The Bertz CT molecular complexity index is 440. The fraction of sp³-hybridized carbons (Fsp3) is 0.750. The van der Waals surface area contributed by atoms with Crippen LogP contribution in [-0.2, 0) is 9.84 Å². The number of aromatic nitrogens is 2. The van der Waals surface area contributed by atoms with Crippen molar-refractivity contribution >= 4 is 15.9 Å². The van der Waals surface area contributed by atoms with Gasteiger partial charge in [-0.1, -0.05) is 5.16 Å². The topological polar surface area (TPSA) is 85.1 Å². The lowest BCUT2D eigenvalue weighted by atomic mass is 10.2. The number of aryl methyl sites for hydroxylation is 1. The summed E-state index contributed by atoms with van der Waals surface area (Å²) in [5.74, 6) is 0.828. The molecule has 84 valence electrons. The molecule has 1 aromatic rings. The lowest BCUT2D eigenvalue weighted by Gasteiger charge is -2.08. The molecule has 0 aromatic carbocycles. The van der Waals surface area contributed by atoms with Crippen molar-refractivity contribution in [3.63, 3.8) is 0 Å². The first kappa shape index (κ1) is 10.4. The number of anilines is 1.